The Hall–Kier alpha value is -0.610. The predicted molar refractivity (Wildman–Crippen MR) is 62.1 cm³/mol. The van der Waals surface area contributed by atoms with Gasteiger partial charge in [0.2, 0.25) is 5.91 Å². The number of nitrogens with zero attached hydrogens (tertiary/aromatic N) is 2. The van der Waals surface area contributed by atoms with Crippen molar-refractivity contribution in [1.82, 2.24) is 9.80 Å². The summed E-state index contributed by atoms with van der Waals surface area (Å²) in [5.74, 6) is 0.241. The average Bonchev–Trinajstić information content (AvgIpc) is 3.00. The molecule has 0 aromatic rings. The summed E-state index contributed by atoms with van der Waals surface area (Å²) >= 11 is 0. The summed E-state index contributed by atoms with van der Waals surface area (Å²) in [7, 11) is 0. The lowest BCUT2D eigenvalue weighted by Crippen LogP contribution is -2.44. The zero-order valence-electron chi connectivity index (χ0n) is 10.1. The molecular formula is C12H22N2O2. The lowest BCUT2D eigenvalue weighted by Gasteiger charge is -2.27. The molecule has 0 aromatic heterocycles. The van der Waals surface area contributed by atoms with E-state index in [1.165, 1.54) is 12.8 Å². The first-order valence-electron chi connectivity index (χ1n) is 6.40. The van der Waals surface area contributed by atoms with E-state index in [1.54, 1.807) is 0 Å². The standard InChI is InChI=1S/C12H22N2O2/c1-2-14(10-5-6-10)12(16)8-13-7-3-4-11(13)9-15/h10-11,15H,2-9H2,1H3/t11-/m0/s1. The molecule has 0 spiro atoms. The van der Waals surface area contributed by atoms with E-state index in [4.69, 9.17) is 0 Å². The molecule has 1 amide bonds. The Morgan fingerprint density at radius 1 is 1.44 bits per heavy atom. The van der Waals surface area contributed by atoms with Gasteiger partial charge in [-0.25, -0.2) is 0 Å². The van der Waals surface area contributed by atoms with Crippen LogP contribution in [0.25, 0.3) is 0 Å². The van der Waals surface area contributed by atoms with Crippen molar-refractivity contribution in [2.45, 2.75) is 44.7 Å². The van der Waals surface area contributed by atoms with E-state index < -0.39 is 0 Å². The van der Waals surface area contributed by atoms with Crippen molar-refractivity contribution in [2.24, 2.45) is 0 Å². The number of carbonyl (C=O) groups excluding carboxylic acids is 1. The number of aliphatic hydroxyl groups excluding tert-OH is 1. The summed E-state index contributed by atoms with van der Waals surface area (Å²) in [5.41, 5.74) is 0. The van der Waals surface area contributed by atoms with Gasteiger partial charge in [0.05, 0.1) is 13.2 Å². The zero-order chi connectivity index (χ0) is 11.5. The highest BCUT2D eigenvalue weighted by molar-refractivity contribution is 5.79. The van der Waals surface area contributed by atoms with Gasteiger partial charge < -0.3 is 10.0 Å². The van der Waals surface area contributed by atoms with Gasteiger partial charge in [-0.2, -0.15) is 0 Å². The second-order valence-corrected chi connectivity index (χ2v) is 4.86. The van der Waals surface area contributed by atoms with Crippen LogP contribution < -0.4 is 0 Å². The van der Waals surface area contributed by atoms with E-state index >= 15 is 0 Å². The third-order valence-electron chi connectivity index (χ3n) is 3.70. The fourth-order valence-electron chi connectivity index (χ4n) is 2.60. The van der Waals surface area contributed by atoms with Gasteiger partial charge >= 0.3 is 0 Å². The second-order valence-electron chi connectivity index (χ2n) is 4.86. The number of hydrogen-bond donors (Lipinski definition) is 1. The van der Waals surface area contributed by atoms with Crippen LogP contribution in [-0.2, 0) is 4.79 Å². The Kier molecular flexibility index (Phi) is 3.82. The largest absolute Gasteiger partial charge is 0.395 e. The molecule has 1 aliphatic carbocycles. The molecule has 0 bridgehead atoms. The number of hydrogen-bond acceptors (Lipinski definition) is 3. The molecule has 1 saturated carbocycles. The minimum absolute atomic E-state index is 0.183. The fraction of sp³-hybridized carbons (Fsp3) is 0.917. The average molecular weight is 226 g/mol. The van der Waals surface area contributed by atoms with E-state index in [0.717, 1.165) is 25.9 Å². The number of rotatable bonds is 5. The first-order valence-corrected chi connectivity index (χ1v) is 6.40. The Bertz CT molecular complexity index is 253. The molecule has 16 heavy (non-hydrogen) atoms. The molecule has 4 nitrogen and oxygen atoms in total. The van der Waals surface area contributed by atoms with Crippen molar-refractivity contribution < 1.29 is 9.90 Å². The SMILES string of the molecule is CCN(C(=O)CN1CCC[C@H]1CO)C1CC1. The van der Waals surface area contributed by atoms with E-state index in [0.29, 0.717) is 12.6 Å². The van der Waals surface area contributed by atoms with E-state index in [1.807, 2.05) is 11.8 Å². The van der Waals surface area contributed by atoms with Crippen molar-refractivity contribution in [1.29, 1.82) is 0 Å². The number of carbonyl (C=O) groups is 1. The Balaban J connectivity index is 1.85. The minimum atomic E-state index is 0.183. The molecule has 1 N–H and O–H groups in total. The molecule has 2 rings (SSSR count). The molecule has 0 radical (unpaired) electrons. The summed E-state index contributed by atoms with van der Waals surface area (Å²) in [6.07, 6.45) is 4.47. The molecule has 1 heterocycles. The van der Waals surface area contributed by atoms with Crippen molar-refractivity contribution in [3.05, 3.63) is 0 Å². The van der Waals surface area contributed by atoms with Crippen LogP contribution in [0.3, 0.4) is 0 Å². The molecule has 0 aromatic carbocycles. The van der Waals surface area contributed by atoms with Crippen LogP contribution in [0.2, 0.25) is 0 Å². The third kappa shape index (κ3) is 2.55. The van der Waals surface area contributed by atoms with Crippen LogP contribution in [0.15, 0.2) is 0 Å². The van der Waals surface area contributed by atoms with Crippen LogP contribution >= 0.6 is 0 Å². The number of aliphatic hydroxyl groups is 1. The quantitative estimate of drug-likeness (QED) is 0.740. The van der Waals surface area contributed by atoms with Gasteiger partial charge in [-0.1, -0.05) is 0 Å². The fourth-order valence-corrected chi connectivity index (χ4v) is 2.60. The second kappa shape index (κ2) is 5.15. The molecule has 2 aliphatic rings. The van der Waals surface area contributed by atoms with Crippen LogP contribution in [0.5, 0.6) is 0 Å². The maximum Gasteiger partial charge on any atom is 0.236 e. The smallest absolute Gasteiger partial charge is 0.236 e. The maximum absolute atomic E-state index is 12.1. The van der Waals surface area contributed by atoms with Gasteiger partial charge in [0.25, 0.3) is 0 Å². The van der Waals surface area contributed by atoms with E-state index in [9.17, 15) is 9.90 Å². The van der Waals surface area contributed by atoms with Gasteiger partial charge in [-0.05, 0) is 39.2 Å². The van der Waals surface area contributed by atoms with Gasteiger partial charge in [0, 0.05) is 18.6 Å². The number of amides is 1. The highest BCUT2D eigenvalue weighted by Gasteiger charge is 2.33. The summed E-state index contributed by atoms with van der Waals surface area (Å²) in [5, 5.41) is 9.20. The zero-order valence-corrected chi connectivity index (χ0v) is 10.1. The summed E-state index contributed by atoms with van der Waals surface area (Å²) < 4.78 is 0. The molecule has 2 fully saturated rings. The van der Waals surface area contributed by atoms with Gasteiger partial charge in [0.1, 0.15) is 0 Å². The summed E-state index contributed by atoms with van der Waals surface area (Å²) in [6.45, 7) is 4.50. The van der Waals surface area contributed by atoms with Crippen LogP contribution in [-0.4, -0.2) is 59.1 Å². The number of likely N-dealkylation sites (N-methyl/N-ethyl adjacent to an activating group) is 1. The number of likely N-dealkylation sites (tertiary alicyclic amines) is 1. The predicted octanol–water partition coefficient (Wildman–Crippen LogP) is 0.454. The molecule has 1 aliphatic heterocycles. The van der Waals surface area contributed by atoms with Gasteiger partial charge in [-0.3, -0.25) is 9.69 Å². The van der Waals surface area contributed by atoms with Crippen LogP contribution in [0.1, 0.15) is 32.6 Å². The van der Waals surface area contributed by atoms with Gasteiger partial charge in [-0.15, -0.1) is 0 Å². The topological polar surface area (TPSA) is 43.8 Å². The molecule has 1 atom stereocenters. The Morgan fingerprint density at radius 2 is 2.19 bits per heavy atom. The van der Waals surface area contributed by atoms with Gasteiger partial charge in [0.15, 0.2) is 0 Å². The van der Waals surface area contributed by atoms with Crippen molar-refractivity contribution in [3.63, 3.8) is 0 Å². The van der Waals surface area contributed by atoms with Crippen molar-refractivity contribution >= 4 is 5.91 Å². The molecule has 4 heteroatoms. The Labute approximate surface area is 97.2 Å². The first kappa shape index (κ1) is 11.9. The normalized spacial score (nSPS) is 26.0. The highest BCUT2D eigenvalue weighted by atomic mass is 16.3. The minimum Gasteiger partial charge on any atom is -0.395 e. The maximum atomic E-state index is 12.1. The summed E-state index contributed by atoms with van der Waals surface area (Å²) in [4.78, 5) is 16.2. The monoisotopic (exact) mass is 226 g/mol. The highest BCUT2D eigenvalue weighted by Crippen LogP contribution is 2.27. The summed E-state index contributed by atoms with van der Waals surface area (Å²) in [6, 6.07) is 0.717. The molecule has 1 saturated heterocycles. The lowest BCUT2D eigenvalue weighted by atomic mass is 10.2. The van der Waals surface area contributed by atoms with Crippen molar-refractivity contribution in [2.75, 3.05) is 26.2 Å². The van der Waals surface area contributed by atoms with Crippen molar-refractivity contribution in [3.8, 4) is 0 Å². The Morgan fingerprint density at radius 3 is 2.75 bits per heavy atom. The van der Waals surface area contributed by atoms with Crippen LogP contribution in [0.4, 0.5) is 0 Å². The van der Waals surface area contributed by atoms with Crippen LogP contribution in [0, 0.1) is 0 Å². The lowest BCUT2D eigenvalue weighted by molar-refractivity contribution is -0.133. The first-order chi connectivity index (χ1) is 7.76. The molecular weight excluding hydrogens is 204 g/mol. The van der Waals surface area contributed by atoms with E-state index in [2.05, 4.69) is 4.90 Å². The molecule has 0 unspecified atom stereocenters. The van der Waals surface area contributed by atoms with E-state index in [-0.39, 0.29) is 18.6 Å². The third-order valence-corrected chi connectivity index (χ3v) is 3.70. The molecule has 92 valence electrons.